The number of pyridine rings is 1. The molecule has 2 heterocycles. The molecule has 0 bridgehead atoms. The number of piperidine rings is 1. The third kappa shape index (κ3) is 2.82. The van der Waals surface area contributed by atoms with Crippen molar-refractivity contribution in [3.05, 3.63) is 24.0 Å². The number of hydrogen-bond donors (Lipinski definition) is 1. The summed E-state index contributed by atoms with van der Waals surface area (Å²) in [5.41, 5.74) is 0.129. The Morgan fingerprint density at radius 3 is 2.72 bits per heavy atom. The van der Waals surface area contributed by atoms with Crippen molar-refractivity contribution in [2.24, 2.45) is 0 Å². The van der Waals surface area contributed by atoms with E-state index in [1.54, 1.807) is 19.5 Å². The van der Waals surface area contributed by atoms with Crippen LogP contribution in [0, 0.1) is 0 Å². The maximum Gasteiger partial charge on any atom is 0.137 e. The second-order valence-electron chi connectivity index (χ2n) is 4.99. The molecule has 2 rings (SSSR count). The molecular formula is C14H22N2O2. The Bertz CT molecular complexity index is 387. The minimum Gasteiger partial charge on any atom is -0.495 e. The second kappa shape index (κ2) is 5.67. The topological polar surface area (TPSA) is 45.6 Å². The van der Waals surface area contributed by atoms with Crippen LogP contribution in [0.15, 0.2) is 18.5 Å². The van der Waals surface area contributed by atoms with Crippen molar-refractivity contribution in [1.29, 1.82) is 0 Å². The van der Waals surface area contributed by atoms with E-state index in [0.29, 0.717) is 5.75 Å². The lowest BCUT2D eigenvalue weighted by Crippen LogP contribution is -2.42. The van der Waals surface area contributed by atoms with Gasteiger partial charge in [0.25, 0.3) is 0 Å². The first-order chi connectivity index (χ1) is 8.68. The quantitative estimate of drug-likeness (QED) is 0.885. The molecule has 100 valence electrons. The number of hydrogen-bond acceptors (Lipinski definition) is 4. The van der Waals surface area contributed by atoms with Gasteiger partial charge in [0.2, 0.25) is 0 Å². The van der Waals surface area contributed by atoms with Crippen LogP contribution in [-0.2, 0) is 5.60 Å². The fourth-order valence-electron chi connectivity index (χ4n) is 2.54. The van der Waals surface area contributed by atoms with Crippen molar-refractivity contribution < 1.29 is 9.84 Å². The summed E-state index contributed by atoms with van der Waals surface area (Å²) in [5.74, 6) is 0.705. The smallest absolute Gasteiger partial charge is 0.137 e. The molecule has 1 aromatic heterocycles. The first kappa shape index (κ1) is 13.3. The zero-order valence-corrected chi connectivity index (χ0v) is 11.2. The molecule has 18 heavy (non-hydrogen) atoms. The van der Waals surface area contributed by atoms with Gasteiger partial charge in [0.1, 0.15) is 5.75 Å². The van der Waals surface area contributed by atoms with E-state index in [4.69, 9.17) is 4.74 Å². The van der Waals surface area contributed by atoms with Gasteiger partial charge in [0.05, 0.1) is 18.9 Å². The molecule has 1 N–H and O–H groups in total. The molecule has 0 atom stereocenters. The molecule has 0 aliphatic carbocycles. The Labute approximate surface area is 109 Å². The van der Waals surface area contributed by atoms with Gasteiger partial charge < -0.3 is 14.7 Å². The van der Waals surface area contributed by atoms with Crippen molar-refractivity contribution in [1.82, 2.24) is 9.88 Å². The van der Waals surface area contributed by atoms with Crippen molar-refractivity contribution in [2.45, 2.75) is 31.8 Å². The number of likely N-dealkylation sites (tertiary alicyclic amines) is 1. The molecule has 0 aromatic carbocycles. The molecule has 4 nitrogen and oxygen atoms in total. The van der Waals surface area contributed by atoms with Gasteiger partial charge in [-0.3, -0.25) is 4.98 Å². The predicted molar refractivity (Wildman–Crippen MR) is 70.7 cm³/mol. The van der Waals surface area contributed by atoms with Crippen LogP contribution in [-0.4, -0.2) is 41.7 Å². The monoisotopic (exact) mass is 250 g/mol. The number of aromatic nitrogens is 1. The van der Waals surface area contributed by atoms with Crippen LogP contribution in [0.25, 0.3) is 0 Å². The zero-order valence-electron chi connectivity index (χ0n) is 11.2. The summed E-state index contributed by atoms with van der Waals surface area (Å²) in [4.78, 5) is 6.54. The number of methoxy groups -OCH3 is 1. The lowest BCUT2D eigenvalue weighted by Gasteiger charge is -2.38. The van der Waals surface area contributed by atoms with Crippen LogP contribution in [0.1, 0.15) is 31.7 Å². The van der Waals surface area contributed by atoms with E-state index in [9.17, 15) is 5.11 Å². The average molecular weight is 250 g/mol. The maximum atomic E-state index is 10.7. The number of ether oxygens (including phenoxy) is 1. The van der Waals surface area contributed by atoms with Crippen LogP contribution >= 0.6 is 0 Å². The van der Waals surface area contributed by atoms with Gasteiger partial charge in [-0.1, -0.05) is 6.92 Å². The van der Waals surface area contributed by atoms with Crippen LogP contribution in [0.3, 0.4) is 0 Å². The van der Waals surface area contributed by atoms with Crippen molar-refractivity contribution in [3.63, 3.8) is 0 Å². The molecule has 0 radical (unpaired) electrons. The summed E-state index contributed by atoms with van der Waals surface area (Å²) in [7, 11) is 1.62. The third-order valence-electron chi connectivity index (χ3n) is 3.71. The second-order valence-corrected chi connectivity index (χ2v) is 4.99. The van der Waals surface area contributed by atoms with Crippen LogP contribution < -0.4 is 4.74 Å². The standard InChI is InChI=1S/C14H22N2O2/c1-3-6-16-7-4-14(17,5-8-16)12-9-13(18-2)11-15-10-12/h9-11,17H,3-8H2,1-2H3. The molecular weight excluding hydrogens is 228 g/mol. The summed E-state index contributed by atoms with van der Waals surface area (Å²) in [6, 6.07) is 1.89. The summed E-state index contributed by atoms with van der Waals surface area (Å²) in [5, 5.41) is 10.7. The van der Waals surface area contributed by atoms with E-state index in [1.807, 2.05) is 6.07 Å². The molecule has 0 saturated carbocycles. The molecule has 1 aliphatic rings. The highest BCUT2D eigenvalue weighted by Gasteiger charge is 2.34. The van der Waals surface area contributed by atoms with Crippen molar-refractivity contribution in [2.75, 3.05) is 26.7 Å². The van der Waals surface area contributed by atoms with E-state index in [0.717, 1.165) is 38.0 Å². The largest absolute Gasteiger partial charge is 0.495 e. The Morgan fingerprint density at radius 1 is 1.39 bits per heavy atom. The SMILES string of the molecule is CCCN1CCC(O)(c2cncc(OC)c2)CC1. The molecule has 4 heteroatoms. The normalized spacial score (nSPS) is 19.7. The van der Waals surface area contributed by atoms with Crippen LogP contribution in [0.5, 0.6) is 5.75 Å². The Hall–Kier alpha value is -1.13. The molecule has 1 saturated heterocycles. The molecule has 0 unspecified atom stereocenters. The summed E-state index contributed by atoms with van der Waals surface area (Å²) in [6.07, 6.45) is 6.11. The average Bonchev–Trinajstić information content (AvgIpc) is 2.42. The van der Waals surface area contributed by atoms with Gasteiger partial charge >= 0.3 is 0 Å². The molecule has 0 spiro atoms. The van der Waals surface area contributed by atoms with Crippen LogP contribution in [0.4, 0.5) is 0 Å². The minimum atomic E-state index is -0.744. The third-order valence-corrected chi connectivity index (χ3v) is 3.71. The lowest BCUT2D eigenvalue weighted by atomic mass is 9.85. The predicted octanol–water partition coefficient (Wildman–Crippen LogP) is 1.78. The van der Waals surface area contributed by atoms with Gasteiger partial charge in [-0.15, -0.1) is 0 Å². The van der Waals surface area contributed by atoms with E-state index >= 15 is 0 Å². The molecule has 1 aliphatic heterocycles. The van der Waals surface area contributed by atoms with Gasteiger partial charge in [0.15, 0.2) is 0 Å². The van der Waals surface area contributed by atoms with Crippen molar-refractivity contribution in [3.8, 4) is 5.75 Å². The summed E-state index contributed by atoms with van der Waals surface area (Å²) < 4.78 is 5.17. The Morgan fingerprint density at radius 2 is 2.11 bits per heavy atom. The van der Waals surface area contributed by atoms with E-state index in [2.05, 4.69) is 16.8 Å². The Balaban J connectivity index is 2.08. The zero-order chi connectivity index (χ0) is 13.0. The fraction of sp³-hybridized carbons (Fsp3) is 0.643. The van der Waals surface area contributed by atoms with Gasteiger partial charge in [0, 0.05) is 24.8 Å². The number of rotatable bonds is 4. The van der Waals surface area contributed by atoms with Gasteiger partial charge in [-0.05, 0) is 31.9 Å². The maximum absolute atomic E-state index is 10.7. The molecule has 1 aromatic rings. The highest BCUT2D eigenvalue weighted by molar-refractivity contribution is 5.28. The highest BCUT2D eigenvalue weighted by atomic mass is 16.5. The molecule has 0 amide bonds. The van der Waals surface area contributed by atoms with Gasteiger partial charge in [-0.2, -0.15) is 0 Å². The summed E-state index contributed by atoms with van der Waals surface area (Å²) >= 11 is 0. The van der Waals surface area contributed by atoms with Crippen LogP contribution in [0.2, 0.25) is 0 Å². The van der Waals surface area contributed by atoms with Gasteiger partial charge in [-0.25, -0.2) is 0 Å². The summed E-state index contributed by atoms with van der Waals surface area (Å²) in [6.45, 7) is 5.20. The number of aliphatic hydroxyl groups is 1. The van der Waals surface area contributed by atoms with E-state index in [1.165, 1.54) is 6.42 Å². The molecule has 1 fully saturated rings. The van der Waals surface area contributed by atoms with Crippen molar-refractivity contribution >= 4 is 0 Å². The first-order valence-electron chi connectivity index (χ1n) is 6.62. The first-order valence-corrected chi connectivity index (χ1v) is 6.62. The highest BCUT2D eigenvalue weighted by Crippen LogP contribution is 2.33. The minimum absolute atomic E-state index is 0.705. The fourth-order valence-corrected chi connectivity index (χ4v) is 2.54. The van der Waals surface area contributed by atoms with E-state index in [-0.39, 0.29) is 0 Å². The number of nitrogens with zero attached hydrogens (tertiary/aromatic N) is 2. The lowest BCUT2D eigenvalue weighted by molar-refractivity contribution is -0.0261. The Kier molecular flexibility index (Phi) is 4.19. The van der Waals surface area contributed by atoms with E-state index < -0.39 is 5.60 Å².